The van der Waals surface area contributed by atoms with Crippen LogP contribution in [-0.4, -0.2) is 9.61 Å². The first kappa shape index (κ1) is 19.0. The van der Waals surface area contributed by atoms with Gasteiger partial charge in [0.2, 0.25) is 0 Å². The van der Waals surface area contributed by atoms with Crippen LogP contribution in [0.4, 0.5) is 13.2 Å². The van der Waals surface area contributed by atoms with Crippen molar-refractivity contribution in [3.63, 3.8) is 0 Å². The molecule has 0 spiro atoms. The van der Waals surface area contributed by atoms with E-state index in [0.717, 1.165) is 24.3 Å². The van der Waals surface area contributed by atoms with Crippen LogP contribution in [0.3, 0.4) is 0 Å². The maximum absolute atomic E-state index is 12.8. The van der Waals surface area contributed by atoms with Gasteiger partial charge in [-0.05, 0) is 36.4 Å². The number of rotatable bonds is 4. The third-order valence-corrected chi connectivity index (χ3v) is 7.38. The lowest BCUT2D eigenvalue weighted by atomic mass is 10.2. The van der Waals surface area contributed by atoms with Crippen molar-refractivity contribution < 1.29 is 41.1 Å². The smallest absolute Gasteiger partial charge is 0.349 e. The van der Waals surface area contributed by atoms with E-state index < -0.39 is 32.3 Å². The first-order chi connectivity index (χ1) is 12.0. The standard InChI is InChI=1S/C15H12ClF3N2O4S/c1-21-9-2-3-13(21)14-20-8-10-26(14,25-16(22,23)24)12-6-4-11(5-7-12)15(17,18)19/h2-10H,1H3. The first-order valence-electron chi connectivity index (χ1n) is 7.02. The minimum atomic E-state index is -4.86. The summed E-state index contributed by atoms with van der Waals surface area (Å²) >= 11 is 0. The number of hydrogen-bond acceptors (Lipinski definition) is 5. The average Bonchev–Trinajstić information content (AvgIpc) is 3.11. The van der Waals surface area contributed by atoms with Crippen LogP contribution in [0.1, 0.15) is 11.3 Å². The van der Waals surface area contributed by atoms with Crippen LogP contribution in [-0.2, 0) is 17.0 Å². The lowest BCUT2D eigenvalue weighted by molar-refractivity contribution is -1.91. The van der Waals surface area contributed by atoms with Gasteiger partial charge in [0.05, 0.1) is 21.5 Å². The molecule has 1 unspecified atom stereocenters. The van der Waals surface area contributed by atoms with Crippen molar-refractivity contribution in [2.45, 2.75) is 11.1 Å². The largest absolute Gasteiger partial charge is 0.416 e. The number of hydrogen-bond donors (Lipinski definition) is 0. The van der Waals surface area contributed by atoms with Gasteiger partial charge >= 0.3 is 6.18 Å². The number of halogens is 4. The number of aryl methyl sites for hydroxylation is 1. The topological polar surface area (TPSA) is 95.7 Å². The fraction of sp³-hybridized carbons (Fsp3) is 0.133. The molecule has 2 heterocycles. The predicted molar refractivity (Wildman–Crippen MR) is 79.5 cm³/mol. The molecule has 0 saturated heterocycles. The second kappa shape index (κ2) is 6.41. The molecule has 3 rings (SSSR count). The van der Waals surface area contributed by atoms with Gasteiger partial charge in [0.15, 0.2) is 0 Å². The second-order valence-electron chi connectivity index (χ2n) is 5.29. The number of aromatic nitrogens is 1. The Morgan fingerprint density at radius 2 is 1.77 bits per heavy atom. The highest BCUT2D eigenvalue weighted by molar-refractivity contribution is 8.44. The van der Waals surface area contributed by atoms with Gasteiger partial charge in [-0.2, -0.15) is 27.1 Å². The van der Waals surface area contributed by atoms with Crippen molar-refractivity contribution >= 4 is 15.4 Å². The van der Waals surface area contributed by atoms with Crippen LogP contribution in [0.2, 0.25) is 0 Å². The van der Waals surface area contributed by atoms with Crippen LogP contribution < -0.4 is 14.0 Å². The molecule has 0 amide bonds. The second-order valence-corrected chi connectivity index (χ2v) is 8.88. The van der Waals surface area contributed by atoms with E-state index in [-0.39, 0.29) is 9.94 Å². The lowest BCUT2D eigenvalue weighted by Crippen LogP contribution is -2.61. The van der Waals surface area contributed by atoms with Gasteiger partial charge in [-0.15, -0.1) is 0 Å². The third kappa shape index (κ3) is 3.52. The van der Waals surface area contributed by atoms with Crippen LogP contribution in [0.5, 0.6) is 0 Å². The highest BCUT2D eigenvalue weighted by atomic mass is 35.7. The number of nitrogens with zero attached hydrogens (tertiary/aromatic N) is 2. The van der Waals surface area contributed by atoms with Crippen molar-refractivity contribution in [1.82, 2.24) is 4.57 Å². The number of alkyl halides is 3. The van der Waals surface area contributed by atoms with E-state index in [1.54, 1.807) is 29.9 Å². The van der Waals surface area contributed by atoms with Crippen LogP contribution >= 0.6 is 10.3 Å². The Kier molecular flexibility index (Phi) is 4.67. The summed E-state index contributed by atoms with van der Waals surface area (Å²) in [6, 6.07) is 7.10. The normalized spacial score (nSPS) is 23.0. The average molecular weight is 409 g/mol. The maximum atomic E-state index is 12.8. The van der Waals surface area contributed by atoms with Crippen LogP contribution in [0.25, 0.3) is 0 Å². The quantitative estimate of drug-likeness (QED) is 0.753. The van der Waals surface area contributed by atoms with Gasteiger partial charge in [-0.3, -0.25) is 0 Å². The summed E-state index contributed by atoms with van der Waals surface area (Å²) in [6.45, 7) is 0. The molecule has 140 valence electrons. The van der Waals surface area contributed by atoms with E-state index in [9.17, 15) is 27.1 Å². The number of benzene rings is 1. The highest BCUT2D eigenvalue weighted by Gasteiger charge is 2.49. The first-order valence-corrected chi connectivity index (χ1v) is 9.87. The molecule has 1 aliphatic heterocycles. The van der Waals surface area contributed by atoms with Crippen molar-refractivity contribution in [1.29, 1.82) is 0 Å². The lowest BCUT2D eigenvalue weighted by Gasteiger charge is -2.30. The van der Waals surface area contributed by atoms with E-state index >= 15 is 0 Å². The molecule has 1 aromatic heterocycles. The van der Waals surface area contributed by atoms with Gasteiger partial charge in [0.25, 0.3) is 0 Å². The SMILES string of the molecule is Cn1cccc1C1=NC=CS1(O[Cl+3]([O-])([O-])[O-])c1ccc(C(F)(F)F)cc1. The Labute approximate surface area is 150 Å². The van der Waals surface area contributed by atoms with Gasteiger partial charge in [0.1, 0.15) is 19.1 Å². The van der Waals surface area contributed by atoms with E-state index in [4.69, 9.17) is 3.74 Å². The summed E-state index contributed by atoms with van der Waals surface area (Å²) in [5.41, 5.74) is -0.429. The molecule has 26 heavy (non-hydrogen) atoms. The molecule has 11 heteroatoms. The number of aliphatic imine (C=N–C) groups is 1. The molecular weight excluding hydrogens is 397 g/mol. The molecule has 1 aliphatic rings. The minimum absolute atomic E-state index is 0.103. The van der Waals surface area contributed by atoms with Gasteiger partial charge < -0.3 is 4.57 Å². The molecule has 0 aliphatic carbocycles. The Bertz CT molecular complexity index is 874. The van der Waals surface area contributed by atoms with Crippen molar-refractivity contribution in [3.05, 3.63) is 65.5 Å². The zero-order chi connectivity index (χ0) is 19.2. The molecule has 0 N–H and O–H groups in total. The monoisotopic (exact) mass is 408 g/mol. The Morgan fingerprint density at radius 3 is 2.27 bits per heavy atom. The molecule has 1 atom stereocenters. The fourth-order valence-corrected chi connectivity index (χ4v) is 6.17. The van der Waals surface area contributed by atoms with E-state index in [1.807, 2.05) is 0 Å². The minimum Gasteiger partial charge on any atom is -0.349 e. The van der Waals surface area contributed by atoms with Crippen LogP contribution in [0.15, 0.2) is 64.1 Å². The van der Waals surface area contributed by atoms with Crippen molar-refractivity contribution in [2.24, 2.45) is 12.0 Å². The maximum Gasteiger partial charge on any atom is 0.416 e. The van der Waals surface area contributed by atoms with Crippen molar-refractivity contribution in [3.8, 4) is 0 Å². The fourth-order valence-electron chi connectivity index (χ4n) is 2.48. The summed E-state index contributed by atoms with van der Waals surface area (Å²) in [7, 11) is -6.26. The predicted octanol–water partition coefficient (Wildman–Crippen LogP) is 0.968. The molecule has 0 fully saturated rings. The molecule has 0 saturated carbocycles. The summed E-state index contributed by atoms with van der Waals surface area (Å²) in [6.07, 6.45) is -1.60. The van der Waals surface area contributed by atoms with E-state index in [1.165, 1.54) is 11.6 Å². The Hall–Kier alpha value is -1.82. The summed E-state index contributed by atoms with van der Waals surface area (Å²) in [5.74, 6) is 0. The van der Waals surface area contributed by atoms with Crippen molar-refractivity contribution in [2.75, 3.05) is 0 Å². The van der Waals surface area contributed by atoms with E-state index in [0.29, 0.717) is 5.69 Å². The Morgan fingerprint density at radius 1 is 1.12 bits per heavy atom. The molecule has 0 radical (unpaired) electrons. The third-order valence-electron chi connectivity index (χ3n) is 3.60. The summed E-state index contributed by atoms with van der Waals surface area (Å²) < 4.78 is 78.9. The molecule has 6 nitrogen and oxygen atoms in total. The molecule has 0 bridgehead atoms. The molecular formula is C15H12ClF3N2O4S. The molecule has 2 aromatic rings. The molecule has 1 aromatic carbocycles. The highest BCUT2D eigenvalue weighted by Crippen LogP contribution is 2.64. The summed E-state index contributed by atoms with van der Waals surface area (Å²) in [5, 5.41) is 1.44. The van der Waals surface area contributed by atoms with Gasteiger partial charge in [-0.1, -0.05) is 0 Å². The van der Waals surface area contributed by atoms with E-state index in [2.05, 4.69) is 4.99 Å². The Balaban J connectivity index is 2.13. The van der Waals surface area contributed by atoms with Crippen LogP contribution in [0, 0.1) is 10.2 Å². The van der Waals surface area contributed by atoms with Gasteiger partial charge in [-0.25, -0.2) is 4.99 Å². The summed E-state index contributed by atoms with van der Waals surface area (Å²) in [4.78, 5) is 4.22. The van der Waals surface area contributed by atoms with Gasteiger partial charge in [0, 0.05) is 29.7 Å². The zero-order valence-corrected chi connectivity index (χ0v) is 14.7. The zero-order valence-electron chi connectivity index (χ0n) is 13.1.